The fourth-order valence-electron chi connectivity index (χ4n) is 2.00. The normalized spacial score (nSPS) is 12.0. The lowest BCUT2D eigenvalue weighted by Crippen LogP contribution is -2.17. The predicted molar refractivity (Wildman–Crippen MR) is 88.3 cm³/mol. The highest BCUT2D eigenvalue weighted by molar-refractivity contribution is 7.79. The molecular formula is C16H18FN3S. The highest BCUT2D eigenvalue weighted by Gasteiger charge is 2.16. The van der Waals surface area contributed by atoms with E-state index < -0.39 is 0 Å². The van der Waals surface area contributed by atoms with Crippen molar-refractivity contribution in [2.75, 3.05) is 5.32 Å². The lowest BCUT2D eigenvalue weighted by molar-refractivity contribution is 0.630. The quantitative estimate of drug-likeness (QED) is 0.842. The molecule has 1 unspecified atom stereocenters. The third-order valence-electron chi connectivity index (χ3n) is 3.30. The van der Waals surface area contributed by atoms with Gasteiger partial charge in [0.1, 0.15) is 17.5 Å². The van der Waals surface area contributed by atoms with Crippen LogP contribution < -0.4 is 5.32 Å². The van der Waals surface area contributed by atoms with E-state index in [4.69, 9.17) is 12.2 Å². The summed E-state index contributed by atoms with van der Waals surface area (Å²) in [6.07, 6.45) is 0.953. The van der Waals surface area contributed by atoms with Gasteiger partial charge in [-0.25, -0.2) is 14.4 Å². The first-order valence-corrected chi connectivity index (χ1v) is 7.39. The summed E-state index contributed by atoms with van der Waals surface area (Å²) in [7, 11) is 0. The number of halogens is 1. The van der Waals surface area contributed by atoms with Gasteiger partial charge in [-0.05, 0) is 32.4 Å². The Kier molecular flexibility index (Phi) is 4.96. The van der Waals surface area contributed by atoms with Crippen LogP contribution in [0.5, 0.6) is 0 Å². The second-order valence-corrected chi connectivity index (χ2v) is 5.17. The average Bonchev–Trinajstić information content (AvgIpc) is 2.47. The van der Waals surface area contributed by atoms with E-state index >= 15 is 0 Å². The Morgan fingerprint density at radius 2 is 2.05 bits per heavy atom. The minimum atomic E-state index is -0.316. The van der Waals surface area contributed by atoms with Gasteiger partial charge in [0.15, 0.2) is 0 Å². The number of benzene rings is 1. The molecule has 0 aliphatic rings. The van der Waals surface area contributed by atoms with Crippen LogP contribution in [0, 0.1) is 12.7 Å². The maximum absolute atomic E-state index is 14.1. The fourth-order valence-corrected chi connectivity index (χ4v) is 2.22. The van der Waals surface area contributed by atoms with Crippen LogP contribution in [0.25, 0.3) is 11.3 Å². The van der Waals surface area contributed by atoms with Gasteiger partial charge < -0.3 is 5.32 Å². The number of anilines is 1. The summed E-state index contributed by atoms with van der Waals surface area (Å²) in [4.78, 5) is 8.78. The van der Waals surface area contributed by atoms with E-state index in [1.54, 1.807) is 25.1 Å². The maximum Gasteiger partial charge on any atom is 0.138 e. The van der Waals surface area contributed by atoms with Crippen LogP contribution in [0.4, 0.5) is 10.2 Å². The van der Waals surface area contributed by atoms with E-state index in [0.29, 0.717) is 28.5 Å². The van der Waals surface area contributed by atoms with E-state index in [9.17, 15) is 4.39 Å². The molecule has 3 nitrogen and oxygen atoms in total. The van der Waals surface area contributed by atoms with Crippen molar-refractivity contribution < 1.29 is 4.39 Å². The zero-order valence-corrected chi connectivity index (χ0v) is 13.2. The van der Waals surface area contributed by atoms with Crippen molar-refractivity contribution in [3.63, 3.8) is 0 Å². The summed E-state index contributed by atoms with van der Waals surface area (Å²) in [5.41, 5.74) is 1.62. The number of thiocarbonyl (C=S) groups is 1. The van der Waals surface area contributed by atoms with Gasteiger partial charge in [0, 0.05) is 17.0 Å². The van der Waals surface area contributed by atoms with Crippen molar-refractivity contribution in [1.82, 2.24) is 9.97 Å². The van der Waals surface area contributed by atoms with Crippen molar-refractivity contribution in [2.24, 2.45) is 0 Å². The highest BCUT2D eigenvalue weighted by Crippen LogP contribution is 2.28. The smallest absolute Gasteiger partial charge is 0.138 e. The molecule has 0 saturated heterocycles. The number of nitrogens with zero attached hydrogens (tertiary/aromatic N) is 2. The number of hydrogen-bond acceptors (Lipinski definition) is 4. The van der Waals surface area contributed by atoms with E-state index in [0.717, 1.165) is 6.42 Å². The van der Waals surface area contributed by atoms with Crippen molar-refractivity contribution in [3.05, 3.63) is 41.5 Å². The van der Waals surface area contributed by atoms with Gasteiger partial charge in [0.05, 0.1) is 11.3 Å². The van der Waals surface area contributed by atoms with Gasteiger partial charge in [-0.1, -0.05) is 31.3 Å². The van der Waals surface area contributed by atoms with Crippen LogP contribution >= 0.6 is 12.2 Å². The van der Waals surface area contributed by atoms with Crippen LogP contribution in [0.2, 0.25) is 0 Å². The zero-order valence-electron chi connectivity index (χ0n) is 12.4. The second-order valence-electron chi connectivity index (χ2n) is 4.93. The molecule has 2 rings (SSSR count). The molecule has 1 N–H and O–H groups in total. The summed E-state index contributed by atoms with van der Waals surface area (Å²) in [6, 6.07) is 6.81. The molecule has 0 spiro atoms. The Morgan fingerprint density at radius 1 is 1.33 bits per heavy atom. The molecule has 5 heteroatoms. The molecule has 2 aromatic rings. The fraction of sp³-hybridized carbons (Fsp3) is 0.312. The van der Waals surface area contributed by atoms with Gasteiger partial charge in [-0.3, -0.25) is 0 Å². The summed E-state index contributed by atoms with van der Waals surface area (Å²) >= 11 is 5.10. The Morgan fingerprint density at radius 3 is 2.67 bits per heavy atom. The van der Waals surface area contributed by atoms with E-state index in [2.05, 4.69) is 29.1 Å². The molecular weight excluding hydrogens is 285 g/mol. The Balaban J connectivity index is 2.61. The lowest BCUT2D eigenvalue weighted by Gasteiger charge is -2.17. The summed E-state index contributed by atoms with van der Waals surface area (Å²) in [6.45, 7) is 5.94. The van der Waals surface area contributed by atoms with E-state index in [1.165, 1.54) is 11.4 Å². The van der Waals surface area contributed by atoms with Crippen molar-refractivity contribution in [3.8, 4) is 11.3 Å². The van der Waals surface area contributed by atoms with Crippen molar-refractivity contribution in [1.29, 1.82) is 0 Å². The number of nitrogens with one attached hydrogen (secondary N) is 1. The van der Waals surface area contributed by atoms with Gasteiger partial charge in [0.2, 0.25) is 0 Å². The molecule has 0 saturated carbocycles. The minimum absolute atomic E-state index is 0.251. The first-order chi connectivity index (χ1) is 10.1. The summed E-state index contributed by atoms with van der Waals surface area (Å²) in [5, 5.41) is 4.82. The van der Waals surface area contributed by atoms with Crippen molar-refractivity contribution >= 4 is 23.4 Å². The van der Waals surface area contributed by atoms with E-state index in [-0.39, 0.29) is 11.9 Å². The first kappa shape index (κ1) is 15.5. The number of rotatable bonds is 5. The third kappa shape index (κ3) is 3.42. The Hall–Kier alpha value is -1.88. The molecule has 0 amide bonds. The zero-order chi connectivity index (χ0) is 15.4. The number of hydrogen-bond donors (Lipinski definition) is 1. The minimum Gasteiger partial charge on any atom is -0.367 e. The maximum atomic E-state index is 14.1. The van der Waals surface area contributed by atoms with Crippen LogP contribution in [0.15, 0.2) is 24.3 Å². The summed E-state index contributed by atoms with van der Waals surface area (Å²) in [5.74, 6) is 0.924. The molecule has 1 aromatic carbocycles. The van der Waals surface area contributed by atoms with Crippen LogP contribution in [0.3, 0.4) is 0 Å². The Labute approximate surface area is 129 Å². The lowest BCUT2D eigenvalue weighted by atomic mass is 10.1. The first-order valence-electron chi connectivity index (χ1n) is 6.92. The van der Waals surface area contributed by atoms with Crippen molar-refractivity contribution in [2.45, 2.75) is 33.2 Å². The SMILES string of the molecule is CCC(C)Nc1nc(C)nc(-c2ccccc2F)c1C=S. The van der Waals surface area contributed by atoms with Gasteiger partial charge >= 0.3 is 0 Å². The molecule has 0 bridgehead atoms. The molecule has 1 aromatic heterocycles. The van der Waals surface area contributed by atoms with Crippen LogP contribution in [0.1, 0.15) is 31.7 Å². The molecule has 110 valence electrons. The van der Waals surface area contributed by atoms with Crippen LogP contribution in [-0.2, 0) is 0 Å². The van der Waals surface area contributed by atoms with Crippen LogP contribution in [-0.4, -0.2) is 21.4 Å². The molecule has 0 fully saturated rings. The monoisotopic (exact) mass is 303 g/mol. The van der Waals surface area contributed by atoms with E-state index in [1.807, 2.05) is 0 Å². The molecule has 1 atom stereocenters. The topological polar surface area (TPSA) is 37.8 Å². The Bertz CT molecular complexity index is 658. The molecule has 0 aliphatic carbocycles. The molecule has 1 heterocycles. The summed E-state index contributed by atoms with van der Waals surface area (Å²) < 4.78 is 14.1. The molecule has 0 aliphatic heterocycles. The number of aromatic nitrogens is 2. The van der Waals surface area contributed by atoms with Gasteiger partial charge in [-0.2, -0.15) is 0 Å². The predicted octanol–water partition coefficient (Wildman–Crippen LogP) is 4.15. The second kappa shape index (κ2) is 6.72. The average molecular weight is 303 g/mol. The molecule has 0 radical (unpaired) electrons. The van der Waals surface area contributed by atoms with Gasteiger partial charge in [-0.15, -0.1) is 0 Å². The third-order valence-corrected chi connectivity index (χ3v) is 3.54. The van der Waals surface area contributed by atoms with Gasteiger partial charge in [0.25, 0.3) is 0 Å². The molecule has 21 heavy (non-hydrogen) atoms. The standard InChI is InChI=1S/C16H18FN3S/c1-4-10(2)18-16-13(9-21)15(19-11(3)20-16)12-7-5-6-8-14(12)17/h5-10H,4H2,1-3H3,(H,18,19,20). The number of aryl methyl sites for hydroxylation is 1. The largest absolute Gasteiger partial charge is 0.367 e. The highest BCUT2D eigenvalue weighted by atomic mass is 32.1.